The Labute approximate surface area is 190 Å². The Kier molecular flexibility index (Phi) is 6.62. The minimum atomic E-state index is -0.898. The zero-order valence-electron chi connectivity index (χ0n) is 16.7. The fourth-order valence-corrected chi connectivity index (χ4v) is 4.14. The first-order valence-corrected chi connectivity index (χ1v) is 10.7. The van der Waals surface area contributed by atoms with Gasteiger partial charge in [0.2, 0.25) is 0 Å². The van der Waals surface area contributed by atoms with Gasteiger partial charge in [-0.25, -0.2) is 0 Å². The second kappa shape index (κ2) is 9.56. The van der Waals surface area contributed by atoms with E-state index in [9.17, 15) is 9.90 Å². The van der Waals surface area contributed by atoms with Crippen molar-refractivity contribution >= 4 is 40.1 Å². The highest BCUT2D eigenvalue weighted by Crippen LogP contribution is 2.26. The zero-order chi connectivity index (χ0) is 21.8. The maximum absolute atomic E-state index is 12.3. The van der Waals surface area contributed by atoms with Crippen molar-refractivity contribution in [3.63, 3.8) is 0 Å². The molecule has 0 saturated heterocycles. The first kappa shape index (κ1) is 21.4. The summed E-state index contributed by atoms with van der Waals surface area (Å²) >= 11 is 12.4. The van der Waals surface area contributed by atoms with E-state index >= 15 is 0 Å². The van der Waals surface area contributed by atoms with E-state index in [-0.39, 0.29) is 0 Å². The average Bonchev–Trinajstić information content (AvgIpc) is 3.16. The van der Waals surface area contributed by atoms with Crippen LogP contribution in [-0.4, -0.2) is 22.0 Å². The van der Waals surface area contributed by atoms with Crippen molar-refractivity contribution in [2.75, 3.05) is 0 Å². The summed E-state index contributed by atoms with van der Waals surface area (Å²) in [6.45, 7) is 0.675. The van der Waals surface area contributed by atoms with Crippen LogP contribution in [0.5, 0.6) is 0 Å². The van der Waals surface area contributed by atoms with E-state index < -0.39 is 12.0 Å². The summed E-state index contributed by atoms with van der Waals surface area (Å²) in [5.41, 5.74) is 2.53. The van der Waals surface area contributed by atoms with Crippen molar-refractivity contribution in [2.45, 2.75) is 25.6 Å². The van der Waals surface area contributed by atoms with Gasteiger partial charge in [-0.2, -0.15) is 0 Å². The lowest BCUT2D eigenvalue weighted by molar-refractivity contribution is -0.143. The predicted octanol–water partition coefficient (Wildman–Crippen LogP) is 6.44. The van der Waals surface area contributed by atoms with Gasteiger partial charge in [0.1, 0.15) is 17.4 Å². The van der Waals surface area contributed by atoms with Gasteiger partial charge in [0.05, 0.1) is 6.54 Å². The highest BCUT2D eigenvalue weighted by molar-refractivity contribution is 6.35. The van der Waals surface area contributed by atoms with E-state index in [1.54, 1.807) is 12.1 Å². The Morgan fingerprint density at radius 3 is 2.39 bits per heavy atom. The van der Waals surface area contributed by atoms with Crippen LogP contribution < -0.4 is 0 Å². The van der Waals surface area contributed by atoms with Crippen LogP contribution in [0.3, 0.4) is 0 Å². The summed E-state index contributed by atoms with van der Waals surface area (Å²) in [5.74, 6) is -0.198. The number of benzene rings is 3. The lowest BCUT2D eigenvalue weighted by Gasteiger charge is -2.28. The fourth-order valence-electron chi connectivity index (χ4n) is 3.67. The molecule has 4 aromatic rings. The Morgan fingerprint density at radius 2 is 1.68 bits per heavy atom. The van der Waals surface area contributed by atoms with Crippen LogP contribution in [0, 0.1) is 0 Å². The number of halogens is 2. The molecule has 4 nitrogen and oxygen atoms in total. The van der Waals surface area contributed by atoms with Crippen LogP contribution >= 0.6 is 23.2 Å². The summed E-state index contributed by atoms with van der Waals surface area (Å²) in [7, 11) is 0. The van der Waals surface area contributed by atoms with Gasteiger partial charge in [0.15, 0.2) is 0 Å². The molecule has 1 unspecified atom stereocenters. The van der Waals surface area contributed by atoms with Gasteiger partial charge in [0, 0.05) is 22.0 Å². The molecule has 0 aliphatic carbocycles. The van der Waals surface area contributed by atoms with E-state index in [2.05, 4.69) is 0 Å². The molecular formula is C25H21Cl2NO3. The molecule has 0 aliphatic heterocycles. The second-order valence-electron chi connectivity index (χ2n) is 7.44. The molecule has 1 heterocycles. The first-order chi connectivity index (χ1) is 15.0. The van der Waals surface area contributed by atoms with Gasteiger partial charge in [-0.15, -0.1) is 0 Å². The van der Waals surface area contributed by atoms with E-state index in [0.29, 0.717) is 35.3 Å². The largest absolute Gasteiger partial charge is 0.480 e. The predicted molar refractivity (Wildman–Crippen MR) is 123 cm³/mol. The molecule has 158 valence electrons. The maximum Gasteiger partial charge on any atom is 0.321 e. The van der Waals surface area contributed by atoms with E-state index in [4.69, 9.17) is 27.6 Å². The molecule has 6 heteroatoms. The molecule has 0 spiro atoms. The number of hydrogen-bond acceptors (Lipinski definition) is 3. The molecular weight excluding hydrogens is 433 g/mol. The fraction of sp³-hybridized carbons (Fsp3) is 0.160. The molecule has 4 rings (SSSR count). The summed E-state index contributed by atoms with van der Waals surface area (Å²) in [5, 5.41) is 12.1. The number of fused-ring (bicyclic) bond motifs is 1. The maximum atomic E-state index is 12.3. The molecule has 1 N–H and O–H groups in total. The topological polar surface area (TPSA) is 53.7 Å². The third kappa shape index (κ3) is 5.28. The van der Waals surface area contributed by atoms with Gasteiger partial charge < -0.3 is 9.52 Å². The van der Waals surface area contributed by atoms with Gasteiger partial charge in [-0.1, -0.05) is 77.8 Å². The van der Waals surface area contributed by atoms with Gasteiger partial charge in [-0.3, -0.25) is 9.69 Å². The normalized spacial score (nSPS) is 12.4. The molecule has 1 aromatic heterocycles. The standard InChI is InChI=1S/C25H21Cl2NO3/c26-20-11-10-19(22(27)14-20)15-28(16-21-13-18-8-4-5-9-24(18)31-21)23(25(29)30)12-17-6-2-1-3-7-17/h1-11,13-14,23H,12,15-16H2,(H,29,30). The third-order valence-corrected chi connectivity index (χ3v) is 5.81. The summed E-state index contributed by atoms with van der Waals surface area (Å²) in [4.78, 5) is 14.2. The molecule has 31 heavy (non-hydrogen) atoms. The number of para-hydroxylation sites is 1. The Bertz CT molecular complexity index is 1160. The number of carbonyl (C=O) groups is 1. The van der Waals surface area contributed by atoms with Gasteiger partial charge in [-0.05, 0) is 41.8 Å². The molecule has 0 saturated carbocycles. The highest BCUT2D eigenvalue weighted by Gasteiger charge is 2.28. The number of hydrogen-bond donors (Lipinski definition) is 1. The summed E-state index contributed by atoms with van der Waals surface area (Å²) in [6.07, 6.45) is 0.363. The van der Waals surface area contributed by atoms with Crippen molar-refractivity contribution in [1.29, 1.82) is 0 Å². The zero-order valence-corrected chi connectivity index (χ0v) is 18.2. The van der Waals surface area contributed by atoms with Crippen LogP contribution in [0.4, 0.5) is 0 Å². The SMILES string of the molecule is O=C(O)C(Cc1ccccc1)N(Cc1cc2ccccc2o1)Cc1ccc(Cl)cc1Cl. The molecule has 0 bridgehead atoms. The monoisotopic (exact) mass is 453 g/mol. The van der Waals surface area contributed by atoms with Crippen LogP contribution in [0.15, 0.2) is 83.3 Å². The second-order valence-corrected chi connectivity index (χ2v) is 8.28. The van der Waals surface area contributed by atoms with Gasteiger partial charge in [0.25, 0.3) is 0 Å². The molecule has 0 fully saturated rings. The van der Waals surface area contributed by atoms with E-state index in [1.807, 2.05) is 71.6 Å². The number of aliphatic carboxylic acids is 1. The van der Waals surface area contributed by atoms with E-state index in [0.717, 1.165) is 22.1 Å². The van der Waals surface area contributed by atoms with Crippen LogP contribution in [0.25, 0.3) is 11.0 Å². The minimum Gasteiger partial charge on any atom is -0.480 e. The number of furan rings is 1. The lowest BCUT2D eigenvalue weighted by Crippen LogP contribution is -2.42. The van der Waals surface area contributed by atoms with E-state index in [1.165, 1.54) is 0 Å². The average molecular weight is 454 g/mol. The van der Waals surface area contributed by atoms with Crippen molar-refractivity contribution < 1.29 is 14.3 Å². The smallest absolute Gasteiger partial charge is 0.321 e. The van der Waals surface area contributed by atoms with Gasteiger partial charge >= 0.3 is 5.97 Å². The summed E-state index contributed by atoms with van der Waals surface area (Å²) in [6, 6.07) is 23.8. The number of nitrogens with zero attached hydrogens (tertiary/aromatic N) is 1. The van der Waals surface area contributed by atoms with Crippen LogP contribution in [0.1, 0.15) is 16.9 Å². The van der Waals surface area contributed by atoms with Crippen molar-refractivity contribution in [1.82, 2.24) is 4.90 Å². The van der Waals surface area contributed by atoms with Crippen LogP contribution in [-0.2, 0) is 24.3 Å². The quantitative estimate of drug-likeness (QED) is 0.333. The Balaban J connectivity index is 1.68. The first-order valence-electron chi connectivity index (χ1n) is 9.92. The Morgan fingerprint density at radius 1 is 0.935 bits per heavy atom. The summed E-state index contributed by atoms with van der Waals surface area (Å²) < 4.78 is 5.98. The molecule has 0 aliphatic rings. The molecule has 0 radical (unpaired) electrons. The number of carboxylic acid groups (broad SMARTS) is 1. The number of carboxylic acids is 1. The van der Waals surface area contributed by atoms with Crippen molar-refractivity contribution in [3.8, 4) is 0 Å². The van der Waals surface area contributed by atoms with Crippen molar-refractivity contribution in [3.05, 3.63) is 106 Å². The Hall–Kier alpha value is -2.79. The minimum absolute atomic E-state index is 0.331. The molecule has 1 atom stereocenters. The molecule has 0 amide bonds. The number of rotatable bonds is 8. The lowest BCUT2D eigenvalue weighted by atomic mass is 10.0. The molecule has 3 aromatic carbocycles. The van der Waals surface area contributed by atoms with Crippen LogP contribution in [0.2, 0.25) is 10.0 Å². The van der Waals surface area contributed by atoms with Crippen molar-refractivity contribution in [2.24, 2.45) is 0 Å². The highest BCUT2D eigenvalue weighted by atomic mass is 35.5. The third-order valence-electron chi connectivity index (χ3n) is 5.22.